The average molecular weight is 268 g/mol. The highest BCUT2D eigenvalue weighted by atomic mass is 19.1. The number of benzene rings is 1. The van der Waals surface area contributed by atoms with Crippen LogP contribution in [0.5, 0.6) is 0 Å². The summed E-state index contributed by atoms with van der Waals surface area (Å²) < 4.78 is 26.1. The van der Waals surface area contributed by atoms with Crippen LogP contribution in [0.2, 0.25) is 0 Å². The van der Waals surface area contributed by atoms with E-state index in [4.69, 9.17) is 0 Å². The summed E-state index contributed by atoms with van der Waals surface area (Å²) in [5.74, 6) is -0.729. The van der Waals surface area contributed by atoms with E-state index < -0.39 is 17.7 Å². The molecule has 0 aliphatic heterocycles. The molecule has 1 saturated carbocycles. The Hall–Kier alpha value is -1.65. The molecule has 0 unspecified atom stereocenters. The number of carbonyl (C=O) groups excluding carboxylic acids is 1. The van der Waals surface area contributed by atoms with E-state index in [-0.39, 0.29) is 11.7 Å². The Morgan fingerprint density at radius 1 is 1.21 bits per heavy atom. The molecular formula is C14H18F2N2O. The Labute approximate surface area is 111 Å². The van der Waals surface area contributed by atoms with Crippen molar-refractivity contribution in [3.8, 4) is 0 Å². The number of hydrogen-bond acceptors (Lipinski definition) is 1. The zero-order valence-electron chi connectivity index (χ0n) is 10.9. The summed E-state index contributed by atoms with van der Waals surface area (Å²) in [5, 5.41) is 5.22. The van der Waals surface area contributed by atoms with E-state index in [0.29, 0.717) is 5.92 Å². The molecule has 1 aliphatic rings. The van der Waals surface area contributed by atoms with Crippen LogP contribution in [0.4, 0.5) is 19.3 Å². The molecule has 0 heterocycles. The van der Waals surface area contributed by atoms with E-state index in [1.54, 1.807) is 0 Å². The summed E-state index contributed by atoms with van der Waals surface area (Å²) in [6.07, 6.45) is 4.08. The summed E-state index contributed by atoms with van der Waals surface area (Å²) in [7, 11) is 0. The SMILES string of the molecule is CC1CCC(NC(=O)Nc2ccc(F)cc2F)CC1. The molecule has 104 valence electrons. The second-order valence-corrected chi connectivity index (χ2v) is 5.18. The van der Waals surface area contributed by atoms with E-state index in [2.05, 4.69) is 17.6 Å². The first kappa shape index (κ1) is 13.8. The Bertz CT molecular complexity index is 457. The number of halogens is 2. The van der Waals surface area contributed by atoms with Crippen LogP contribution in [-0.4, -0.2) is 12.1 Å². The molecule has 2 rings (SSSR count). The molecule has 0 aromatic heterocycles. The van der Waals surface area contributed by atoms with Gasteiger partial charge in [0.05, 0.1) is 5.69 Å². The van der Waals surface area contributed by atoms with E-state index in [0.717, 1.165) is 37.8 Å². The van der Waals surface area contributed by atoms with Gasteiger partial charge in [-0.25, -0.2) is 13.6 Å². The smallest absolute Gasteiger partial charge is 0.319 e. The van der Waals surface area contributed by atoms with Crippen molar-refractivity contribution >= 4 is 11.7 Å². The summed E-state index contributed by atoms with van der Waals surface area (Å²) >= 11 is 0. The van der Waals surface area contributed by atoms with E-state index in [9.17, 15) is 13.6 Å². The van der Waals surface area contributed by atoms with Crippen LogP contribution < -0.4 is 10.6 Å². The minimum absolute atomic E-state index is 0.0110. The first-order valence-electron chi connectivity index (χ1n) is 6.57. The van der Waals surface area contributed by atoms with Gasteiger partial charge in [0.1, 0.15) is 11.6 Å². The van der Waals surface area contributed by atoms with Crippen LogP contribution in [-0.2, 0) is 0 Å². The minimum Gasteiger partial charge on any atom is -0.335 e. The molecule has 0 saturated heterocycles. The van der Waals surface area contributed by atoms with Crippen molar-refractivity contribution in [2.24, 2.45) is 5.92 Å². The third-order valence-electron chi connectivity index (χ3n) is 3.53. The molecule has 0 radical (unpaired) electrons. The quantitative estimate of drug-likeness (QED) is 0.844. The van der Waals surface area contributed by atoms with Gasteiger partial charge in [0.15, 0.2) is 0 Å². The third kappa shape index (κ3) is 3.91. The fraction of sp³-hybridized carbons (Fsp3) is 0.500. The molecule has 0 spiro atoms. The Morgan fingerprint density at radius 2 is 1.89 bits per heavy atom. The molecule has 0 bridgehead atoms. The Balaban J connectivity index is 1.87. The molecule has 5 heteroatoms. The lowest BCUT2D eigenvalue weighted by Crippen LogP contribution is -2.40. The number of hydrogen-bond donors (Lipinski definition) is 2. The van der Waals surface area contributed by atoms with Gasteiger partial charge in [0, 0.05) is 12.1 Å². The van der Waals surface area contributed by atoms with E-state index in [1.807, 2.05) is 0 Å². The summed E-state index contributed by atoms with van der Waals surface area (Å²) in [6, 6.07) is 2.77. The number of rotatable bonds is 2. The van der Waals surface area contributed by atoms with Crippen molar-refractivity contribution in [2.45, 2.75) is 38.6 Å². The highest BCUT2D eigenvalue weighted by Crippen LogP contribution is 2.23. The molecule has 1 aromatic carbocycles. The predicted molar refractivity (Wildman–Crippen MR) is 69.9 cm³/mol. The standard InChI is InChI=1S/C14H18F2N2O/c1-9-2-5-11(6-3-9)17-14(19)18-13-7-4-10(15)8-12(13)16/h4,7-9,11H,2-3,5-6H2,1H3,(H2,17,18,19). The van der Waals surface area contributed by atoms with Crippen LogP contribution in [0.3, 0.4) is 0 Å². The Kier molecular flexibility index (Phi) is 4.35. The van der Waals surface area contributed by atoms with Gasteiger partial charge < -0.3 is 10.6 Å². The van der Waals surface area contributed by atoms with E-state index in [1.165, 1.54) is 6.07 Å². The predicted octanol–water partition coefficient (Wildman–Crippen LogP) is 3.67. The van der Waals surface area contributed by atoms with Gasteiger partial charge >= 0.3 is 6.03 Å². The fourth-order valence-corrected chi connectivity index (χ4v) is 2.34. The lowest BCUT2D eigenvalue weighted by atomic mass is 9.87. The van der Waals surface area contributed by atoms with Gasteiger partial charge in [-0.2, -0.15) is 0 Å². The number of urea groups is 1. The van der Waals surface area contributed by atoms with Crippen molar-refractivity contribution in [1.29, 1.82) is 0 Å². The minimum atomic E-state index is -0.771. The number of nitrogens with one attached hydrogen (secondary N) is 2. The van der Waals surface area contributed by atoms with Crippen molar-refractivity contribution in [3.05, 3.63) is 29.8 Å². The molecule has 1 fully saturated rings. The first-order chi connectivity index (χ1) is 9.04. The average Bonchev–Trinajstić information content (AvgIpc) is 2.36. The van der Waals surface area contributed by atoms with Gasteiger partial charge in [-0.1, -0.05) is 6.92 Å². The highest BCUT2D eigenvalue weighted by Gasteiger charge is 2.20. The van der Waals surface area contributed by atoms with Gasteiger partial charge in [-0.3, -0.25) is 0 Å². The van der Waals surface area contributed by atoms with Crippen molar-refractivity contribution in [2.75, 3.05) is 5.32 Å². The van der Waals surface area contributed by atoms with Gasteiger partial charge in [-0.15, -0.1) is 0 Å². The second kappa shape index (κ2) is 5.99. The third-order valence-corrected chi connectivity index (χ3v) is 3.53. The monoisotopic (exact) mass is 268 g/mol. The summed E-state index contributed by atoms with van der Waals surface area (Å²) in [5.41, 5.74) is -0.0110. The van der Waals surface area contributed by atoms with Crippen LogP contribution in [0, 0.1) is 17.6 Å². The van der Waals surface area contributed by atoms with Crippen LogP contribution in [0.25, 0.3) is 0 Å². The van der Waals surface area contributed by atoms with Gasteiger partial charge in [0.25, 0.3) is 0 Å². The molecule has 3 nitrogen and oxygen atoms in total. The first-order valence-corrected chi connectivity index (χ1v) is 6.57. The molecule has 1 aromatic rings. The van der Waals surface area contributed by atoms with Gasteiger partial charge in [0.2, 0.25) is 0 Å². The molecule has 0 atom stereocenters. The zero-order chi connectivity index (χ0) is 13.8. The maximum Gasteiger partial charge on any atom is 0.319 e. The number of anilines is 1. The van der Waals surface area contributed by atoms with Crippen molar-refractivity contribution in [1.82, 2.24) is 5.32 Å². The van der Waals surface area contributed by atoms with Gasteiger partial charge in [-0.05, 0) is 43.7 Å². The maximum absolute atomic E-state index is 13.4. The topological polar surface area (TPSA) is 41.1 Å². The second-order valence-electron chi connectivity index (χ2n) is 5.18. The number of amides is 2. The van der Waals surface area contributed by atoms with Crippen molar-refractivity contribution in [3.63, 3.8) is 0 Å². The van der Waals surface area contributed by atoms with Crippen molar-refractivity contribution < 1.29 is 13.6 Å². The van der Waals surface area contributed by atoms with Crippen LogP contribution in [0.15, 0.2) is 18.2 Å². The molecule has 2 N–H and O–H groups in total. The molecule has 19 heavy (non-hydrogen) atoms. The fourth-order valence-electron chi connectivity index (χ4n) is 2.34. The van der Waals surface area contributed by atoms with E-state index >= 15 is 0 Å². The maximum atomic E-state index is 13.4. The molecule has 1 aliphatic carbocycles. The zero-order valence-corrected chi connectivity index (χ0v) is 10.9. The summed E-state index contributed by atoms with van der Waals surface area (Å²) in [6.45, 7) is 2.20. The lowest BCUT2D eigenvalue weighted by molar-refractivity contribution is 0.239. The van der Waals surface area contributed by atoms with Crippen LogP contribution >= 0.6 is 0 Å². The lowest BCUT2D eigenvalue weighted by Gasteiger charge is -2.26. The number of carbonyl (C=O) groups is 1. The largest absolute Gasteiger partial charge is 0.335 e. The Morgan fingerprint density at radius 3 is 2.53 bits per heavy atom. The molecule has 2 amide bonds. The summed E-state index contributed by atoms with van der Waals surface area (Å²) in [4.78, 5) is 11.7. The van der Waals surface area contributed by atoms with Crippen LogP contribution in [0.1, 0.15) is 32.6 Å². The molecular weight excluding hydrogens is 250 g/mol. The highest BCUT2D eigenvalue weighted by molar-refractivity contribution is 5.89. The normalized spacial score (nSPS) is 22.9.